The van der Waals surface area contributed by atoms with Crippen molar-refractivity contribution in [1.29, 1.82) is 0 Å². The Kier molecular flexibility index (Phi) is 2.50. The lowest BCUT2D eigenvalue weighted by Gasteiger charge is -2.48. The SMILES string of the molecule is CC(C)(C)N1CCCCC1(C)O. The summed E-state index contributed by atoms with van der Waals surface area (Å²) < 4.78 is 0. The maximum Gasteiger partial charge on any atom is 0.116 e. The van der Waals surface area contributed by atoms with Gasteiger partial charge < -0.3 is 5.11 Å². The van der Waals surface area contributed by atoms with Crippen molar-refractivity contribution in [2.24, 2.45) is 0 Å². The molecule has 0 spiro atoms. The molecule has 0 saturated carbocycles. The first kappa shape index (κ1) is 10.0. The first-order valence-corrected chi connectivity index (χ1v) is 4.84. The van der Waals surface area contributed by atoms with Gasteiger partial charge in [0.1, 0.15) is 5.72 Å². The molecule has 0 bridgehead atoms. The molecule has 1 saturated heterocycles. The van der Waals surface area contributed by atoms with Crippen LogP contribution in [0.5, 0.6) is 0 Å². The molecule has 0 aromatic carbocycles. The summed E-state index contributed by atoms with van der Waals surface area (Å²) in [7, 11) is 0. The van der Waals surface area contributed by atoms with Crippen LogP contribution in [0.1, 0.15) is 47.0 Å². The molecule has 0 radical (unpaired) electrons. The molecular formula is C10H21NO. The van der Waals surface area contributed by atoms with Crippen LogP contribution in [0.3, 0.4) is 0 Å². The summed E-state index contributed by atoms with van der Waals surface area (Å²) in [4.78, 5) is 2.20. The van der Waals surface area contributed by atoms with Gasteiger partial charge in [-0.3, -0.25) is 4.90 Å². The number of hydrogen-bond donors (Lipinski definition) is 1. The molecule has 0 aliphatic carbocycles. The van der Waals surface area contributed by atoms with Crippen molar-refractivity contribution >= 4 is 0 Å². The summed E-state index contributed by atoms with van der Waals surface area (Å²) in [6, 6.07) is 0. The Labute approximate surface area is 75.6 Å². The Balaban J connectivity index is 2.73. The second-order valence-electron chi connectivity index (χ2n) is 5.00. The molecule has 1 N–H and O–H groups in total. The molecule has 1 aliphatic heterocycles. The lowest BCUT2D eigenvalue weighted by Crippen LogP contribution is -2.57. The highest BCUT2D eigenvalue weighted by Crippen LogP contribution is 2.31. The molecule has 2 nitrogen and oxygen atoms in total. The fourth-order valence-corrected chi connectivity index (χ4v) is 2.16. The lowest BCUT2D eigenvalue weighted by molar-refractivity contribution is -0.155. The fraction of sp³-hybridized carbons (Fsp3) is 1.00. The Hall–Kier alpha value is -0.0800. The topological polar surface area (TPSA) is 23.5 Å². The number of hydrogen-bond acceptors (Lipinski definition) is 2. The normalized spacial score (nSPS) is 33.8. The summed E-state index contributed by atoms with van der Waals surface area (Å²) in [6.07, 6.45) is 3.28. The van der Waals surface area contributed by atoms with E-state index >= 15 is 0 Å². The van der Waals surface area contributed by atoms with Crippen LogP contribution in [0, 0.1) is 0 Å². The van der Waals surface area contributed by atoms with Crippen LogP contribution < -0.4 is 0 Å². The molecule has 1 unspecified atom stereocenters. The van der Waals surface area contributed by atoms with Crippen LogP contribution in [-0.4, -0.2) is 27.8 Å². The summed E-state index contributed by atoms with van der Waals surface area (Å²) in [5.41, 5.74) is -0.500. The van der Waals surface area contributed by atoms with Gasteiger partial charge in [-0.25, -0.2) is 0 Å². The van der Waals surface area contributed by atoms with E-state index in [1.54, 1.807) is 0 Å². The van der Waals surface area contributed by atoms with Gasteiger partial charge in [0.15, 0.2) is 0 Å². The Morgan fingerprint density at radius 1 is 1.25 bits per heavy atom. The monoisotopic (exact) mass is 171 g/mol. The predicted octanol–water partition coefficient (Wildman–Crippen LogP) is 1.98. The van der Waals surface area contributed by atoms with Gasteiger partial charge in [0, 0.05) is 12.1 Å². The van der Waals surface area contributed by atoms with Crippen LogP contribution >= 0.6 is 0 Å². The van der Waals surface area contributed by atoms with Gasteiger partial charge in [0.2, 0.25) is 0 Å². The zero-order valence-corrected chi connectivity index (χ0v) is 8.72. The number of nitrogens with zero attached hydrogens (tertiary/aromatic N) is 1. The van der Waals surface area contributed by atoms with Gasteiger partial charge in [0.25, 0.3) is 0 Å². The number of rotatable bonds is 0. The summed E-state index contributed by atoms with van der Waals surface area (Å²) in [6.45, 7) is 9.43. The van der Waals surface area contributed by atoms with Crippen molar-refractivity contribution in [2.45, 2.75) is 58.2 Å². The number of piperidine rings is 1. The fourth-order valence-electron chi connectivity index (χ4n) is 2.16. The molecule has 12 heavy (non-hydrogen) atoms. The van der Waals surface area contributed by atoms with Crippen molar-refractivity contribution in [2.75, 3.05) is 6.54 Å². The van der Waals surface area contributed by atoms with Crippen LogP contribution in [0.2, 0.25) is 0 Å². The van der Waals surface area contributed by atoms with Gasteiger partial charge >= 0.3 is 0 Å². The van der Waals surface area contributed by atoms with Crippen molar-refractivity contribution in [1.82, 2.24) is 4.90 Å². The molecule has 1 heterocycles. The Morgan fingerprint density at radius 3 is 2.17 bits per heavy atom. The van der Waals surface area contributed by atoms with Gasteiger partial charge in [-0.2, -0.15) is 0 Å². The zero-order chi connectivity index (χ0) is 9.41. The third-order valence-corrected chi connectivity index (χ3v) is 2.67. The van der Waals surface area contributed by atoms with Crippen molar-refractivity contribution in [3.63, 3.8) is 0 Å². The second-order valence-corrected chi connectivity index (χ2v) is 5.00. The van der Waals surface area contributed by atoms with Gasteiger partial charge in [-0.05, 0) is 47.0 Å². The minimum atomic E-state index is -0.587. The highest BCUT2D eigenvalue weighted by molar-refractivity contribution is 4.88. The van der Waals surface area contributed by atoms with E-state index in [-0.39, 0.29) is 5.54 Å². The van der Waals surface area contributed by atoms with E-state index in [1.807, 2.05) is 6.92 Å². The Bertz CT molecular complexity index is 158. The smallest absolute Gasteiger partial charge is 0.116 e. The lowest BCUT2D eigenvalue weighted by atomic mass is 9.93. The van der Waals surface area contributed by atoms with E-state index in [9.17, 15) is 5.11 Å². The molecular weight excluding hydrogens is 150 g/mol. The molecule has 1 aliphatic rings. The maximum atomic E-state index is 10.1. The average molecular weight is 171 g/mol. The highest BCUT2D eigenvalue weighted by Gasteiger charge is 2.38. The zero-order valence-electron chi connectivity index (χ0n) is 8.72. The number of aliphatic hydroxyl groups is 1. The van der Waals surface area contributed by atoms with E-state index in [2.05, 4.69) is 25.7 Å². The van der Waals surface area contributed by atoms with E-state index in [0.717, 1.165) is 19.4 Å². The third kappa shape index (κ3) is 1.99. The van der Waals surface area contributed by atoms with Crippen LogP contribution in [0.4, 0.5) is 0 Å². The minimum Gasteiger partial charge on any atom is -0.376 e. The summed E-state index contributed by atoms with van der Waals surface area (Å²) in [5.74, 6) is 0. The van der Waals surface area contributed by atoms with Gasteiger partial charge in [0.05, 0.1) is 0 Å². The Morgan fingerprint density at radius 2 is 1.83 bits per heavy atom. The maximum absolute atomic E-state index is 10.1. The van der Waals surface area contributed by atoms with E-state index in [1.165, 1.54) is 6.42 Å². The van der Waals surface area contributed by atoms with E-state index in [0.29, 0.717) is 0 Å². The first-order chi connectivity index (χ1) is 5.34. The molecule has 2 heteroatoms. The largest absolute Gasteiger partial charge is 0.376 e. The van der Waals surface area contributed by atoms with Crippen LogP contribution in [-0.2, 0) is 0 Å². The van der Waals surface area contributed by atoms with Gasteiger partial charge in [-0.1, -0.05) is 0 Å². The van der Waals surface area contributed by atoms with Crippen molar-refractivity contribution < 1.29 is 5.11 Å². The van der Waals surface area contributed by atoms with Crippen LogP contribution in [0.25, 0.3) is 0 Å². The molecule has 0 aromatic rings. The third-order valence-electron chi connectivity index (χ3n) is 2.67. The molecule has 0 amide bonds. The number of likely N-dealkylation sites (tertiary alicyclic amines) is 1. The molecule has 1 atom stereocenters. The predicted molar refractivity (Wildman–Crippen MR) is 50.9 cm³/mol. The average Bonchev–Trinajstić information content (AvgIpc) is 1.83. The summed E-state index contributed by atoms with van der Waals surface area (Å²) in [5, 5.41) is 10.1. The minimum absolute atomic E-state index is 0.0872. The van der Waals surface area contributed by atoms with Crippen molar-refractivity contribution in [3.8, 4) is 0 Å². The second kappa shape index (κ2) is 3.00. The van der Waals surface area contributed by atoms with E-state index in [4.69, 9.17) is 0 Å². The molecule has 1 fully saturated rings. The summed E-state index contributed by atoms with van der Waals surface area (Å²) >= 11 is 0. The quantitative estimate of drug-likeness (QED) is 0.602. The molecule has 0 aromatic heterocycles. The first-order valence-electron chi connectivity index (χ1n) is 4.84. The van der Waals surface area contributed by atoms with Gasteiger partial charge in [-0.15, -0.1) is 0 Å². The van der Waals surface area contributed by atoms with Crippen LogP contribution in [0.15, 0.2) is 0 Å². The van der Waals surface area contributed by atoms with E-state index < -0.39 is 5.72 Å². The standard InChI is InChI=1S/C10H21NO/c1-9(2,3)11-8-6-5-7-10(11,4)12/h12H,5-8H2,1-4H3. The highest BCUT2D eigenvalue weighted by atomic mass is 16.3. The molecule has 1 rings (SSSR count). The van der Waals surface area contributed by atoms with Crippen molar-refractivity contribution in [3.05, 3.63) is 0 Å². The molecule has 72 valence electrons.